The Morgan fingerprint density at radius 3 is 2.40 bits per heavy atom. The summed E-state index contributed by atoms with van der Waals surface area (Å²) in [5, 5.41) is 0. The SMILES string of the molecule is Cc1ccc(C(=O)N2CCCCCC2)s1. The van der Waals surface area contributed by atoms with Gasteiger partial charge in [0.05, 0.1) is 4.88 Å². The highest BCUT2D eigenvalue weighted by Gasteiger charge is 2.18. The van der Waals surface area contributed by atoms with Crippen LogP contribution < -0.4 is 0 Å². The fraction of sp³-hybridized carbons (Fsp3) is 0.583. The first kappa shape index (κ1) is 10.7. The second kappa shape index (κ2) is 4.79. The minimum atomic E-state index is 0.231. The molecule has 0 aliphatic carbocycles. The zero-order valence-corrected chi connectivity index (χ0v) is 9.98. The van der Waals surface area contributed by atoms with E-state index in [0.717, 1.165) is 30.8 Å². The Labute approximate surface area is 94.9 Å². The van der Waals surface area contributed by atoms with Crippen molar-refractivity contribution in [2.24, 2.45) is 0 Å². The van der Waals surface area contributed by atoms with Crippen LogP contribution in [0.1, 0.15) is 40.2 Å². The van der Waals surface area contributed by atoms with Crippen molar-refractivity contribution in [1.29, 1.82) is 0 Å². The molecule has 15 heavy (non-hydrogen) atoms. The molecule has 1 aromatic rings. The van der Waals surface area contributed by atoms with Crippen molar-refractivity contribution >= 4 is 17.2 Å². The molecule has 1 amide bonds. The Morgan fingerprint density at radius 1 is 1.20 bits per heavy atom. The number of nitrogens with zero attached hydrogens (tertiary/aromatic N) is 1. The van der Waals surface area contributed by atoms with Crippen LogP contribution in [0.5, 0.6) is 0 Å². The maximum absolute atomic E-state index is 12.1. The largest absolute Gasteiger partial charge is 0.338 e. The Hall–Kier alpha value is -0.830. The quantitative estimate of drug-likeness (QED) is 0.716. The van der Waals surface area contributed by atoms with E-state index in [4.69, 9.17) is 0 Å². The molecule has 0 spiro atoms. The summed E-state index contributed by atoms with van der Waals surface area (Å²) in [6.07, 6.45) is 4.87. The molecule has 0 radical (unpaired) electrons. The van der Waals surface area contributed by atoms with Crippen LogP contribution in [0.2, 0.25) is 0 Å². The van der Waals surface area contributed by atoms with E-state index in [0.29, 0.717) is 0 Å². The van der Waals surface area contributed by atoms with Gasteiger partial charge in [-0.25, -0.2) is 0 Å². The van der Waals surface area contributed by atoms with Gasteiger partial charge in [-0.1, -0.05) is 12.8 Å². The third-order valence-corrected chi connectivity index (χ3v) is 3.83. The van der Waals surface area contributed by atoms with E-state index >= 15 is 0 Å². The molecule has 0 aromatic carbocycles. The number of likely N-dealkylation sites (tertiary alicyclic amines) is 1. The van der Waals surface area contributed by atoms with Gasteiger partial charge >= 0.3 is 0 Å². The van der Waals surface area contributed by atoms with Crippen molar-refractivity contribution in [1.82, 2.24) is 4.90 Å². The van der Waals surface area contributed by atoms with Crippen LogP contribution in [0.3, 0.4) is 0 Å². The highest BCUT2D eigenvalue weighted by Crippen LogP contribution is 2.19. The van der Waals surface area contributed by atoms with E-state index in [1.165, 1.54) is 17.7 Å². The fourth-order valence-corrected chi connectivity index (χ4v) is 2.81. The highest BCUT2D eigenvalue weighted by atomic mass is 32.1. The molecule has 82 valence electrons. The number of carbonyl (C=O) groups excluding carboxylic acids is 1. The molecule has 2 nitrogen and oxygen atoms in total. The molecule has 1 fully saturated rings. The maximum atomic E-state index is 12.1. The van der Waals surface area contributed by atoms with Gasteiger partial charge in [0.25, 0.3) is 5.91 Å². The van der Waals surface area contributed by atoms with Crippen molar-refractivity contribution in [2.45, 2.75) is 32.6 Å². The average Bonchev–Trinajstić information content (AvgIpc) is 2.53. The molecule has 1 aliphatic heterocycles. The molecule has 3 heteroatoms. The number of hydrogen-bond acceptors (Lipinski definition) is 2. The van der Waals surface area contributed by atoms with E-state index in [1.54, 1.807) is 11.3 Å². The normalized spacial score (nSPS) is 17.5. The first-order valence-corrected chi connectivity index (χ1v) is 6.45. The summed E-state index contributed by atoms with van der Waals surface area (Å²) in [6.45, 7) is 3.93. The highest BCUT2D eigenvalue weighted by molar-refractivity contribution is 7.13. The zero-order valence-electron chi connectivity index (χ0n) is 9.16. The first-order chi connectivity index (χ1) is 7.27. The number of aryl methyl sites for hydroxylation is 1. The Morgan fingerprint density at radius 2 is 1.87 bits per heavy atom. The predicted octanol–water partition coefficient (Wildman–Crippen LogP) is 3.07. The van der Waals surface area contributed by atoms with Crippen molar-refractivity contribution in [2.75, 3.05) is 13.1 Å². The lowest BCUT2D eigenvalue weighted by Gasteiger charge is -2.19. The van der Waals surface area contributed by atoms with E-state index in [-0.39, 0.29) is 5.91 Å². The van der Waals surface area contributed by atoms with Crippen LogP contribution in [-0.2, 0) is 0 Å². The molecule has 1 saturated heterocycles. The topological polar surface area (TPSA) is 20.3 Å². The lowest BCUT2D eigenvalue weighted by Crippen LogP contribution is -2.31. The van der Waals surface area contributed by atoms with Crippen LogP contribution in [0, 0.1) is 6.92 Å². The van der Waals surface area contributed by atoms with Crippen molar-refractivity contribution in [3.05, 3.63) is 21.9 Å². The van der Waals surface area contributed by atoms with Crippen LogP contribution in [-0.4, -0.2) is 23.9 Å². The number of amides is 1. The van der Waals surface area contributed by atoms with Gasteiger partial charge in [-0.05, 0) is 31.9 Å². The number of thiophene rings is 1. The second-order valence-electron chi connectivity index (χ2n) is 4.12. The standard InChI is InChI=1S/C12H17NOS/c1-10-6-7-11(15-10)12(14)13-8-4-2-3-5-9-13/h6-7H,2-5,8-9H2,1H3. The third kappa shape index (κ3) is 2.59. The number of carbonyl (C=O) groups is 1. The van der Waals surface area contributed by atoms with Gasteiger partial charge < -0.3 is 4.90 Å². The van der Waals surface area contributed by atoms with Crippen LogP contribution >= 0.6 is 11.3 Å². The fourth-order valence-electron chi connectivity index (χ4n) is 1.98. The summed E-state index contributed by atoms with van der Waals surface area (Å²) >= 11 is 1.61. The molecule has 1 aromatic heterocycles. The minimum absolute atomic E-state index is 0.231. The summed E-state index contributed by atoms with van der Waals surface area (Å²) in [6, 6.07) is 3.98. The van der Waals surface area contributed by atoms with Crippen molar-refractivity contribution in [3.8, 4) is 0 Å². The maximum Gasteiger partial charge on any atom is 0.263 e. The van der Waals surface area contributed by atoms with Gasteiger partial charge in [0.1, 0.15) is 0 Å². The van der Waals surface area contributed by atoms with Gasteiger partial charge in [0.15, 0.2) is 0 Å². The summed E-state index contributed by atoms with van der Waals surface area (Å²) in [7, 11) is 0. The molecule has 0 N–H and O–H groups in total. The molecule has 1 aliphatic rings. The molecular weight excluding hydrogens is 206 g/mol. The van der Waals surface area contributed by atoms with E-state index < -0.39 is 0 Å². The van der Waals surface area contributed by atoms with Crippen molar-refractivity contribution < 1.29 is 4.79 Å². The summed E-state index contributed by atoms with van der Waals surface area (Å²) < 4.78 is 0. The third-order valence-electron chi connectivity index (χ3n) is 2.84. The lowest BCUT2D eigenvalue weighted by molar-refractivity contribution is 0.0766. The van der Waals surface area contributed by atoms with Crippen LogP contribution in [0.15, 0.2) is 12.1 Å². The molecule has 2 rings (SSSR count). The van der Waals surface area contributed by atoms with E-state index in [1.807, 2.05) is 24.0 Å². The zero-order chi connectivity index (χ0) is 10.7. The molecule has 0 unspecified atom stereocenters. The second-order valence-corrected chi connectivity index (χ2v) is 5.40. The smallest absolute Gasteiger partial charge is 0.263 e. The summed E-state index contributed by atoms with van der Waals surface area (Å²) in [5.74, 6) is 0.231. The van der Waals surface area contributed by atoms with Gasteiger partial charge in [-0.2, -0.15) is 0 Å². The van der Waals surface area contributed by atoms with Crippen LogP contribution in [0.25, 0.3) is 0 Å². The number of rotatable bonds is 1. The Balaban J connectivity index is 2.06. The van der Waals surface area contributed by atoms with Gasteiger partial charge in [-0.15, -0.1) is 11.3 Å². The minimum Gasteiger partial charge on any atom is -0.338 e. The van der Waals surface area contributed by atoms with E-state index in [2.05, 4.69) is 0 Å². The lowest BCUT2D eigenvalue weighted by atomic mass is 10.2. The molecular formula is C12H17NOS. The summed E-state index contributed by atoms with van der Waals surface area (Å²) in [5.41, 5.74) is 0. The molecule has 0 atom stereocenters. The number of hydrogen-bond donors (Lipinski definition) is 0. The molecule has 0 saturated carbocycles. The molecule has 2 heterocycles. The summed E-state index contributed by atoms with van der Waals surface area (Å²) in [4.78, 5) is 16.2. The Bertz CT molecular complexity index is 337. The van der Waals surface area contributed by atoms with Gasteiger partial charge in [-0.3, -0.25) is 4.79 Å². The average molecular weight is 223 g/mol. The monoisotopic (exact) mass is 223 g/mol. The molecule has 0 bridgehead atoms. The van der Waals surface area contributed by atoms with Gasteiger partial charge in [0.2, 0.25) is 0 Å². The predicted molar refractivity (Wildman–Crippen MR) is 63.4 cm³/mol. The van der Waals surface area contributed by atoms with Gasteiger partial charge in [0, 0.05) is 18.0 Å². The first-order valence-electron chi connectivity index (χ1n) is 5.63. The van der Waals surface area contributed by atoms with Crippen molar-refractivity contribution in [3.63, 3.8) is 0 Å². The van der Waals surface area contributed by atoms with E-state index in [9.17, 15) is 4.79 Å². The van der Waals surface area contributed by atoms with Crippen LogP contribution in [0.4, 0.5) is 0 Å². The Kier molecular flexibility index (Phi) is 3.41.